The molecule has 1 nitrogen and oxygen atoms in total. The summed E-state index contributed by atoms with van der Waals surface area (Å²) >= 11 is 2.64. The summed E-state index contributed by atoms with van der Waals surface area (Å²) in [5.74, 6) is -10.3. The highest BCUT2D eigenvalue weighted by atomic mass is 79.9. The van der Waals surface area contributed by atoms with E-state index < -0.39 is 45.3 Å². The fraction of sp³-hybridized carbons (Fsp3) is 0.333. The van der Waals surface area contributed by atoms with Crippen LogP contribution in [-0.4, -0.2) is 11.0 Å². The molecule has 1 N–H and O–H groups in total. The zero-order valence-electron chi connectivity index (χ0n) is 9.36. The summed E-state index contributed by atoms with van der Waals surface area (Å²) < 4.78 is 68.1. The molecule has 104 valence electrons. The molecular formula is C12H8BrF5O. The summed E-state index contributed by atoms with van der Waals surface area (Å²) in [6, 6.07) is 1.21. The van der Waals surface area contributed by atoms with Gasteiger partial charge in [0.25, 0.3) is 0 Å². The summed E-state index contributed by atoms with van der Waals surface area (Å²) in [5, 5.41) is 10.0. The molecule has 1 aromatic carbocycles. The van der Waals surface area contributed by atoms with Crippen molar-refractivity contribution in [1.29, 1.82) is 0 Å². The van der Waals surface area contributed by atoms with E-state index >= 15 is 0 Å². The maximum atomic E-state index is 13.9. The van der Waals surface area contributed by atoms with E-state index in [1.807, 2.05) is 0 Å². The van der Waals surface area contributed by atoms with Crippen molar-refractivity contribution in [3.8, 4) is 0 Å². The van der Waals surface area contributed by atoms with Crippen molar-refractivity contribution in [2.24, 2.45) is 0 Å². The first-order chi connectivity index (χ1) is 8.61. The molecule has 0 saturated carbocycles. The van der Waals surface area contributed by atoms with Crippen molar-refractivity contribution >= 4 is 15.9 Å². The second-order valence-corrected chi connectivity index (χ2v) is 5.08. The highest BCUT2D eigenvalue weighted by molar-refractivity contribution is 9.10. The largest absolute Gasteiger partial charge is 0.378 e. The summed E-state index contributed by atoms with van der Waals surface area (Å²) in [6.45, 7) is 3.16. The van der Waals surface area contributed by atoms with Gasteiger partial charge < -0.3 is 5.11 Å². The first-order valence-corrected chi connectivity index (χ1v) is 5.98. The normalized spacial score (nSPS) is 27.1. The van der Waals surface area contributed by atoms with Gasteiger partial charge in [-0.05, 0) is 28.1 Å². The van der Waals surface area contributed by atoms with Gasteiger partial charge in [0, 0.05) is 17.5 Å². The minimum Gasteiger partial charge on any atom is -0.378 e. The number of benzene rings is 1. The third-order valence-electron chi connectivity index (χ3n) is 3.20. The van der Waals surface area contributed by atoms with Gasteiger partial charge in [-0.1, -0.05) is 6.08 Å². The Morgan fingerprint density at radius 1 is 1.26 bits per heavy atom. The molecule has 1 atom stereocenters. The fourth-order valence-corrected chi connectivity index (χ4v) is 2.92. The van der Waals surface area contributed by atoms with Crippen molar-refractivity contribution in [3.05, 3.63) is 46.2 Å². The predicted octanol–water partition coefficient (Wildman–Crippen LogP) is 4.09. The smallest absolute Gasteiger partial charge is 0.346 e. The Balaban J connectivity index is 2.87. The van der Waals surface area contributed by atoms with Crippen LogP contribution < -0.4 is 0 Å². The minimum atomic E-state index is -4.76. The molecule has 0 aliphatic heterocycles. The second kappa shape index (κ2) is 4.02. The number of fused-ring (bicyclic) bond motifs is 1. The van der Waals surface area contributed by atoms with Gasteiger partial charge in [0.2, 0.25) is 0 Å². The Labute approximate surface area is 113 Å². The number of alkyl halides is 4. The maximum absolute atomic E-state index is 13.9. The summed E-state index contributed by atoms with van der Waals surface area (Å²) in [6.07, 6.45) is 0.0566. The lowest BCUT2D eigenvalue weighted by Crippen LogP contribution is -2.48. The van der Waals surface area contributed by atoms with Gasteiger partial charge >= 0.3 is 11.8 Å². The van der Waals surface area contributed by atoms with Gasteiger partial charge in [0.05, 0.1) is 4.47 Å². The molecule has 0 spiro atoms. The average Bonchev–Trinajstić information content (AvgIpc) is 2.41. The first-order valence-electron chi connectivity index (χ1n) is 5.19. The van der Waals surface area contributed by atoms with Gasteiger partial charge in [-0.15, -0.1) is 6.58 Å². The van der Waals surface area contributed by atoms with Crippen molar-refractivity contribution in [1.82, 2.24) is 0 Å². The number of hydrogen-bond acceptors (Lipinski definition) is 1. The van der Waals surface area contributed by atoms with Gasteiger partial charge in [-0.2, -0.15) is 17.6 Å². The summed E-state index contributed by atoms with van der Waals surface area (Å²) in [5.41, 5.74) is -5.12. The highest BCUT2D eigenvalue weighted by Gasteiger charge is 2.76. The SMILES string of the molecule is C=CCC1(O)c2c(ccc(F)c2Br)C(F)(F)C1(F)F. The van der Waals surface area contributed by atoms with Crippen LogP contribution in [0.25, 0.3) is 0 Å². The standard InChI is InChI=1S/C12H8BrF5O/c1-2-5-10(19)8-6(3-4-7(14)9(8)13)11(15,16)12(10,17)18/h2-4,19H,1,5H2. The van der Waals surface area contributed by atoms with Crippen LogP contribution in [0, 0.1) is 5.82 Å². The lowest BCUT2D eigenvalue weighted by Gasteiger charge is -2.31. The zero-order valence-corrected chi connectivity index (χ0v) is 10.9. The van der Waals surface area contributed by atoms with Crippen LogP contribution in [0.2, 0.25) is 0 Å². The van der Waals surface area contributed by atoms with Crippen molar-refractivity contribution < 1.29 is 27.1 Å². The molecule has 1 aliphatic rings. The lowest BCUT2D eigenvalue weighted by atomic mass is 9.89. The Morgan fingerprint density at radius 2 is 1.84 bits per heavy atom. The van der Waals surface area contributed by atoms with E-state index in [1.54, 1.807) is 0 Å². The fourth-order valence-electron chi connectivity index (χ4n) is 2.24. The van der Waals surface area contributed by atoms with E-state index in [1.165, 1.54) is 0 Å². The molecule has 0 aromatic heterocycles. The summed E-state index contributed by atoms with van der Waals surface area (Å²) in [4.78, 5) is 0. The number of rotatable bonds is 2. The molecule has 0 heterocycles. The van der Waals surface area contributed by atoms with Crippen LogP contribution in [0.5, 0.6) is 0 Å². The lowest BCUT2D eigenvalue weighted by molar-refractivity contribution is -0.285. The number of hydrogen-bond donors (Lipinski definition) is 1. The van der Waals surface area contributed by atoms with Gasteiger partial charge in [0.15, 0.2) is 5.60 Å². The molecule has 0 fully saturated rings. The molecule has 1 aliphatic carbocycles. The predicted molar refractivity (Wildman–Crippen MR) is 61.7 cm³/mol. The molecule has 7 heteroatoms. The molecule has 0 radical (unpaired) electrons. The van der Waals surface area contributed by atoms with Crippen LogP contribution in [-0.2, 0) is 11.5 Å². The van der Waals surface area contributed by atoms with E-state index in [9.17, 15) is 27.1 Å². The Morgan fingerprint density at radius 3 is 2.37 bits per heavy atom. The van der Waals surface area contributed by atoms with E-state index in [4.69, 9.17) is 0 Å². The summed E-state index contributed by atoms with van der Waals surface area (Å²) in [7, 11) is 0. The van der Waals surface area contributed by atoms with Crippen LogP contribution in [0.15, 0.2) is 29.3 Å². The van der Waals surface area contributed by atoms with Gasteiger partial charge in [-0.25, -0.2) is 4.39 Å². The van der Waals surface area contributed by atoms with Crippen LogP contribution in [0.3, 0.4) is 0 Å². The minimum absolute atomic E-state index is 0.560. The van der Waals surface area contributed by atoms with E-state index in [-0.39, 0.29) is 0 Å². The quantitative estimate of drug-likeness (QED) is 0.634. The average molecular weight is 343 g/mol. The molecule has 1 unspecified atom stereocenters. The van der Waals surface area contributed by atoms with Gasteiger partial charge in [0.1, 0.15) is 5.82 Å². The molecule has 0 saturated heterocycles. The van der Waals surface area contributed by atoms with E-state index in [0.29, 0.717) is 12.1 Å². The maximum Gasteiger partial charge on any atom is 0.346 e. The van der Waals surface area contributed by atoms with Crippen LogP contribution in [0.4, 0.5) is 22.0 Å². The Hall–Kier alpha value is -0.950. The highest BCUT2D eigenvalue weighted by Crippen LogP contribution is 2.63. The molecular weight excluding hydrogens is 335 g/mol. The third-order valence-corrected chi connectivity index (χ3v) is 3.98. The van der Waals surface area contributed by atoms with E-state index in [0.717, 1.165) is 6.08 Å². The molecule has 1 aromatic rings. The monoisotopic (exact) mass is 342 g/mol. The third kappa shape index (κ3) is 1.54. The Kier molecular flexibility index (Phi) is 3.06. The van der Waals surface area contributed by atoms with Crippen molar-refractivity contribution in [2.75, 3.05) is 0 Å². The zero-order chi connectivity index (χ0) is 14.6. The van der Waals surface area contributed by atoms with Crippen LogP contribution >= 0.6 is 15.9 Å². The molecule has 2 rings (SSSR count). The first kappa shape index (κ1) is 14.5. The number of halogens is 6. The Bertz CT molecular complexity index is 557. The molecule has 0 bridgehead atoms. The van der Waals surface area contributed by atoms with Gasteiger partial charge in [-0.3, -0.25) is 0 Å². The topological polar surface area (TPSA) is 20.2 Å². The molecule has 19 heavy (non-hydrogen) atoms. The molecule has 0 amide bonds. The van der Waals surface area contributed by atoms with Crippen molar-refractivity contribution in [2.45, 2.75) is 23.9 Å². The van der Waals surface area contributed by atoms with E-state index in [2.05, 4.69) is 22.5 Å². The number of aliphatic hydroxyl groups is 1. The second-order valence-electron chi connectivity index (χ2n) is 4.29. The van der Waals surface area contributed by atoms with Crippen LogP contribution in [0.1, 0.15) is 17.5 Å². The van der Waals surface area contributed by atoms with Crippen molar-refractivity contribution in [3.63, 3.8) is 0 Å².